The van der Waals surface area contributed by atoms with Crippen molar-refractivity contribution >= 4 is 40.0 Å². The topological polar surface area (TPSA) is 99.2 Å². The van der Waals surface area contributed by atoms with E-state index in [2.05, 4.69) is 15.5 Å². The Morgan fingerprint density at radius 1 is 1.31 bits per heavy atom. The van der Waals surface area contributed by atoms with Crippen LogP contribution in [-0.4, -0.2) is 39.0 Å². The van der Waals surface area contributed by atoms with Crippen LogP contribution in [-0.2, 0) is 22.4 Å². The maximum Gasteiger partial charge on any atom is 0.341 e. The molecule has 0 radical (unpaired) electrons. The average molecular weight is 475 g/mol. The number of aromatic nitrogens is 3. The molecule has 0 atom stereocenters. The Bertz CT molecular complexity index is 1100. The fourth-order valence-corrected chi connectivity index (χ4v) is 5.94. The first-order valence-electron chi connectivity index (χ1n) is 10.7. The Morgan fingerprint density at radius 3 is 2.84 bits per heavy atom. The molecule has 4 rings (SSSR count). The van der Waals surface area contributed by atoms with Crippen LogP contribution < -0.4 is 5.32 Å². The minimum Gasteiger partial charge on any atom is -0.462 e. The van der Waals surface area contributed by atoms with Gasteiger partial charge in [-0.3, -0.25) is 9.36 Å². The van der Waals surface area contributed by atoms with Crippen molar-refractivity contribution in [2.45, 2.75) is 57.7 Å². The molecule has 0 saturated carbocycles. The lowest BCUT2D eigenvalue weighted by Gasteiger charge is -2.13. The molecule has 3 heterocycles. The van der Waals surface area contributed by atoms with E-state index in [0.717, 1.165) is 31.2 Å². The van der Waals surface area contributed by atoms with Gasteiger partial charge < -0.3 is 14.5 Å². The van der Waals surface area contributed by atoms with E-state index in [9.17, 15) is 9.59 Å². The molecule has 1 amide bonds. The Morgan fingerprint density at radius 2 is 2.12 bits per heavy atom. The van der Waals surface area contributed by atoms with Gasteiger partial charge in [0, 0.05) is 10.9 Å². The van der Waals surface area contributed by atoms with Gasteiger partial charge in [-0.15, -0.1) is 21.5 Å². The van der Waals surface area contributed by atoms with Crippen LogP contribution in [0, 0.1) is 0 Å². The van der Waals surface area contributed by atoms with Gasteiger partial charge in [-0.2, -0.15) is 0 Å². The highest BCUT2D eigenvalue weighted by Gasteiger charge is 2.27. The number of thiophene rings is 1. The molecule has 0 fully saturated rings. The molecule has 170 valence electrons. The van der Waals surface area contributed by atoms with Crippen LogP contribution in [0.25, 0.3) is 11.6 Å². The number of amides is 1. The summed E-state index contributed by atoms with van der Waals surface area (Å²) in [6.45, 7) is 6.15. The number of rotatable bonds is 8. The highest BCUT2D eigenvalue weighted by Crippen LogP contribution is 2.39. The van der Waals surface area contributed by atoms with Crippen molar-refractivity contribution in [2.75, 3.05) is 17.7 Å². The van der Waals surface area contributed by atoms with E-state index < -0.39 is 0 Å². The van der Waals surface area contributed by atoms with Crippen LogP contribution in [0.15, 0.2) is 28.0 Å². The molecule has 1 aliphatic rings. The molecule has 0 aliphatic heterocycles. The normalized spacial score (nSPS) is 13.2. The summed E-state index contributed by atoms with van der Waals surface area (Å²) in [5.74, 6) is 0.845. The number of nitrogens with one attached hydrogen (secondary N) is 1. The van der Waals surface area contributed by atoms with Gasteiger partial charge in [0.1, 0.15) is 5.00 Å². The Kier molecular flexibility index (Phi) is 7.00. The zero-order chi connectivity index (χ0) is 22.7. The standard InChI is InChI=1S/C22H26N4O4S2/c1-4-29-21(28)18-14-8-5-6-10-16(14)32-20(18)23-17(27)12-31-22-25-24-19(26(22)13(2)3)15-9-7-11-30-15/h7,9,11,13H,4-6,8,10,12H2,1-3H3,(H,23,27). The van der Waals surface area contributed by atoms with Gasteiger partial charge in [0.05, 0.1) is 24.2 Å². The number of aryl methyl sites for hydroxylation is 1. The Hall–Kier alpha value is -2.59. The summed E-state index contributed by atoms with van der Waals surface area (Å²) in [5.41, 5.74) is 1.56. The molecule has 0 aromatic carbocycles. The van der Waals surface area contributed by atoms with Crippen molar-refractivity contribution in [3.05, 3.63) is 34.4 Å². The number of hydrogen-bond acceptors (Lipinski definition) is 8. The van der Waals surface area contributed by atoms with Crippen LogP contribution in [0.4, 0.5) is 5.00 Å². The van der Waals surface area contributed by atoms with Crippen LogP contribution in [0.1, 0.15) is 60.5 Å². The monoisotopic (exact) mass is 474 g/mol. The van der Waals surface area contributed by atoms with Gasteiger partial charge in [-0.05, 0) is 64.2 Å². The average Bonchev–Trinajstić information content (AvgIpc) is 3.49. The number of furan rings is 1. The smallest absolute Gasteiger partial charge is 0.341 e. The van der Waals surface area contributed by atoms with Crippen LogP contribution in [0.5, 0.6) is 0 Å². The number of hydrogen-bond donors (Lipinski definition) is 1. The van der Waals surface area contributed by atoms with Gasteiger partial charge in [0.25, 0.3) is 0 Å². The lowest BCUT2D eigenvalue weighted by atomic mass is 9.95. The van der Waals surface area contributed by atoms with Gasteiger partial charge in [-0.25, -0.2) is 4.79 Å². The van der Waals surface area contributed by atoms with Crippen molar-refractivity contribution in [1.82, 2.24) is 14.8 Å². The SMILES string of the molecule is CCOC(=O)c1c(NC(=O)CSc2nnc(-c3ccco3)n2C(C)C)sc2c1CCCC2. The first kappa shape index (κ1) is 22.6. The van der Waals surface area contributed by atoms with Gasteiger partial charge in [0.2, 0.25) is 11.7 Å². The third-order valence-electron chi connectivity index (χ3n) is 5.16. The molecule has 0 unspecified atom stereocenters. The molecular weight excluding hydrogens is 448 g/mol. The van der Waals surface area contributed by atoms with E-state index in [4.69, 9.17) is 9.15 Å². The first-order chi connectivity index (χ1) is 15.5. The number of esters is 1. The Labute approximate surface area is 194 Å². The number of nitrogens with zero attached hydrogens (tertiary/aromatic N) is 3. The van der Waals surface area contributed by atoms with Gasteiger partial charge in [-0.1, -0.05) is 11.8 Å². The molecule has 3 aromatic heterocycles. The zero-order valence-corrected chi connectivity index (χ0v) is 20.0. The minimum absolute atomic E-state index is 0.0927. The zero-order valence-electron chi connectivity index (χ0n) is 18.3. The second-order valence-electron chi connectivity index (χ2n) is 7.72. The van der Waals surface area contributed by atoms with Crippen molar-refractivity contribution in [1.29, 1.82) is 0 Å². The molecule has 0 saturated heterocycles. The van der Waals surface area contributed by atoms with Crippen molar-refractivity contribution in [3.8, 4) is 11.6 Å². The summed E-state index contributed by atoms with van der Waals surface area (Å²) in [6.07, 6.45) is 5.52. The first-order valence-corrected chi connectivity index (χ1v) is 12.5. The number of thioether (sulfide) groups is 1. The van der Waals surface area contributed by atoms with Crippen molar-refractivity contribution in [3.63, 3.8) is 0 Å². The van der Waals surface area contributed by atoms with E-state index in [1.54, 1.807) is 19.3 Å². The molecule has 8 nitrogen and oxygen atoms in total. The second kappa shape index (κ2) is 9.91. The lowest BCUT2D eigenvalue weighted by Crippen LogP contribution is -2.17. The molecule has 1 aliphatic carbocycles. The third kappa shape index (κ3) is 4.61. The predicted octanol–water partition coefficient (Wildman–Crippen LogP) is 4.97. The molecule has 3 aromatic rings. The highest BCUT2D eigenvalue weighted by atomic mass is 32.2. The molecule has 10 heteroatoms. The van der Waals surface area contributed by atoms with Crippen molar-refractivity contribution < 1.29 is 18.7 Å². The van der Waals surface area contributed by atoms with Crippen molar-refractivity contribution in [2.24, 2.45) is 0 Å². The Balaban J connectivity index is 1.50. The van der Waals surface area contributed by atoms with Gasteiger partial charge >= 0.3 is 5.97 Å². The van der Waals surface area contributed by atoms with Crippen LogP contribution in [0.3, 0.4) is 0 Å². The quantitative estimate of drug-likeness (QED) is 0.364. The predicted molar refractivity (Wildman–Crippen MR) is 124 cm³/mol. The summed E-state index contributed by atoms with van der Waals surface area (Å²) < 4.78 is 12.7. The second-order valence-corrected chi connectivity index (χ2v) is 9.77. The maximum atomic E-state index is 12.8. The molecule has 0 spiro atoms. The summed E-state index contributed by atoms with van der Waals surface area (Å²) in [7, 11) is 0. The van der Waals surface area contributed by atoms with E-state index in [-0.39, 0.29) is 23.7 Å². The minimum atomic E-state index is -0.363. The summed E-state index contributed by atoms with van der Waals surface area (Å²) in [4.78, 5) is 26.6. The van der Waals surface area contributed by atoms with E-state index >= 15 is 0 Å². The number of carbonyl (C=O) groups is 2. The largest absolute Gasteiger partial charge is 0.462 e. The molecule has 32 heavy (non-hydrogen) atoms. The molecule has 1 N–H and O–H groups in total. The molecular formula is C22H26N4O4S2. The van der Waals surface area contributed by atoms with Crippen LogP contribution >= 0.6 is 23.1 Å². The maximum absolute atomic E-state index is 12.8. The number of carbonyl (C=O) groups excluding carboxylic acids is 2. The molecule has 0 bridgehead atoms. The number of anilines is 1. The summed E-state index contributed by atoms with van der Waals surface area (Å²) in [5, 5.41) is 12.7. The van der Waals surface area contributed by atoms with E-state index in [1.807, 2.05) is 24.5 Å². The summed E-state index contributed by atoms with van der Waals surface area (Å²) >= 11 is 2.79. The van der Waals surface area contributed by atoms with Crippen LogP contribution in [0.2, 0.25) is 0 Å². The third-order valence-corrected chi connectivity index (χ3v) is 7.31. The number of ether oxygens (including phenoxy) is 1. The fourth-order valence-electron chi connectivity index (χ4n) is 3.78. The van der Waals surface area contributed by atoms with E-state index in [0.29, 0.717) is 33.9 Å². The lowest BCUT2D eigenvalue weighted by molar-refractivity contribution is -0.113. The number of fused-ring (bicyclic) bond motifs is 1. The van der Waals surface area contributed by atoms with E-state index in [1.165, 1.54) is 28.0 Å². The fraction of sp³-hybridized carbons (Fsp3) is 0.455. The highest BCUT2D eigenvalue weighted by molar-refractivity contribution is 7.99. The summed E-state index contributed by atoms with van der Waals surface area (Å²) in [6, 6.07) is 3.73. The van der Waals surface area contributed by atoms with Gasteiger partial charge in [0.15, 0.2) is 10.9 Å².